The summed E-state index contributed by atoms with van der Waals surface area (Å²) in [6.07, 6.45) is 0.603. The Kier molecular flexibility index (Phi) is 5.87. The number of nitrogens with two attached hydrogens (primary N) is 3. The highest BCUT2D eigenvalue weighted by atomic mass is 35.5. The number of rotatable bonds is 6. The molecule has 0 aliphatic carbocycles. The molecule has 11 heteroatoms. The van der Waals surface area contributed by atoms with Crippen LogP contribution < -0.4 is 28.1 Å². The molecule has 1 atom stereocenters. The van der Waals surface area contributed by atoms with E-state index in [-0.39, 0.29) is 28.2 Å². The summed E-state index contributed by atoms with van der Waals surface area (Å²) in [6, 6.07) is 4.69. The molecule has 0 spiro atoms. The van der Waals surface area contributed by atoms with Gasteiger partial charge in [0, 0.05) is 6.54 Å². The van der Waals surface area contributed by atoms with E-state index in [0.717, 1.165) is 0 Å². The Balaban J connectivity index is 2.12. The summed E-state index contributed by atoms with van der Waals surface area (Å²) in [6.45, 7) is 2.65. The second-order valence-electron chi connectivity index (χ2n) is 6.20. The molecule has 28 heavy (non-hydrogen) atoms. The SMILES string of the molecule is C[C@H](Nc1nc(N)nc(N)c1Cl)c1nc2cccc(Cl)c2c(=O)n1CCCN. The summed E-state index contributed by atoms with van der Waals surface area (Å²) in [4.78, 5) is 25.6. The normalized spacial score (nSPS) is 12.3. The van der Waals surface area contributed by atoms with Gasteiger partial charge >= 0.3 is 0 Å². The van der Waals surface area contributed by atoms with Crippen LogP contribution in [0, 0.1) is 0 Å². The van der Waals surface area contributed by atoms with Gasteiger partial charge in [0.05, 0.1) is 22.0 Å². The van der Waals surface area contributed by atoms with Crippen molar-refractivity contribution in [2.45, 2.75) is 25.9 Å². The molecule has 0 unspecified atom stereocenters. The lowest BCUT2D eigenvalue weighted by Gasteiger charge is -2.21. The van der Waals surface area contributed by atoms with Crippen LogP contribution in [-0.4, -0.2) is 26.1 Å². The lowest BCUT2D eigenvalue weighted by atomic mass is 10.2. The van der Waals surface area contributed by atoms with Gasteiger partial charge in [-0.1, -0.05) is 29.3 Å². The molecule has 3 rings (SSSR count). The van der Waals surface area contributed by atoms with Gasteiger partial charge in [-0.2, -0.15) is 9.97 Å². The Bertz CT molecular complexity index is 1080. The van der Waals surface area contributed by atoms with Gasteiger partial charge in [-0.3, -0.25) is 9.36 Å². The molecule has 148 valence electrons. The van der Waals surface area contributed by atoms with Gasteiger partial charge in [-0.15, -0.1) is 0 Å². The van der Waals surface area contributed by atoms with Crippen LogP contribution in [0.5, 0.6) is 0 Å². The highest BCUT2D eigenvalue weighted by Crippen LogP contribution is 2.29. The Morgan fingerprint density at radius 3 is 2.68 bits per heavy atom. The van der Waals surface area contributed by atoms with Crippen molar-refractivity contribution < 1.29 is 0 Å². The minimum atomic E-state index is -0.444. The minimum absolute atomic E-state index is 0.0182. The summed E-state index contributed by atoms with van der Waals surface area (Å²) in [5.74, 6) is 0.781. The number of anilines is 3. The third-order valence-corrected chi connectivity index (χ3v) is 4.87. The molecule has 0 radical (unpaired) electrons. The van der Waals surface area contributed by atoms with Crippen LogP contribution in [0.1, 0.15) is 25.2 Å². The Hall–Kier alpha value is -2.62. The summed E-state index contributed by atoms with van der Waals surface area (Å²) in [7, 11) is 0. The minimum Gasteiger partial charge on any atom is -0.382 e. The van der Waals surface area contributed by atoms with Crippen LogP contribution in [0.2, 0.25) is 10.0 Å². The highest BCUT2D eigenvalue weighted by molar-refractivity contribution is 6.35. The Morgan fingerprint density at radius 1 is 1.21 bits per heavy atom. The molecule has 0 bridgehead atoms. The summed E-state index contributed by atoms with van der Waals surface area (Å²) >= 11 is 12.4. The number of halogens is 2. The van der Waals surface area contributed by atoms with Crippen LogP contribution >= 0.6 is 23.2 Å². The van der Waals surface area contributed by atoms with E-state index in [9.17, 15) is 4.79 Å². The molecule has 0 saturated heterocycles. The Labute approximate surface area is 170 Å². The summed E-state index contributed by atoms with van der Waals surface area (Å²) < 4.78 is 1.56. The van der Waals surface area contributed by atoms with Crippen molar-refractivity contribution in [1.82, 2.24) is 19.5 Å². The van der Waals surface area contributed by atoms with Gasteiger partial charge in [0.25, 0.3) is 5.56 Å². The largest absolute Gasteiger partial charge is 0.382 e. The maximum Gasteiger partial charge on any atom is 0.262 e. The summed E-state index contributed by atoms with van der Waals surface area (Å²) in [5.41, 5.74) is 17.3. The number of nitrogens with zero attached hydrogens (tertiary/aromatic N) is 4. The smallest absolute Gasteiger partial charge is 0.262 e. The first-order valence-electron chi connectivity index (χ1n) is 8.57. The molecule has 0 aliphatic rings. The van der Waals surface area contributed by atoms with Crippen LogP contribution in [-0.2, 0) is 6.54 Å². The summed E-state index contributed by atoms with van der Waals surface area (Å²) in [5, 5.41) is 3.96. The van der Waals surface area contributed by atoms with E-state index in [0.29, 0.717) is 41.3 Å². The number of hydrogen-bond donors (Lipinski definition) is 4. The monoisotopic (exact) mass is 422 g/mol. The predicted molar refractivity (Wildman–Crippen MR) is 113 cm³/mol. The average Bonchev–Trinajstić information content (AvgIpc) is 2.64. The molecule has 3 aromatic rings. The molecule has 0 fully saturated rings. The molecule has 1 aromatic carbocycles. The third-order valence-electron chi connectivity index (χ3n) is 4.18. The predicted octanol–water partition coefficient (Wildman–Crippen LogP) is 2.18. The topological polar surface area (TPSA) is 151 Å². The van der Waals surface area contributed by atoms with Crippen molar-refractivity contribution in [3.05, 3.63) is 44.4 Å². The van der Waals surface area contributed by atoms with Crippen LogP contribution in [0.3, 0.4) is 0 Å². The number of nitrogens with one attached hydrogen (secondary N) is 1. The number of hydrogen-bond acceptors (Lipinski definition) is 8. The first-order chi connectivity index (χ1) is 13.3. The van der Waals surface area contributed by atoms with Crippen LogP contribution in [0.25, 0.3) is 10.9 Å². The van der Waals surface area contributed by atoms with E-state index in [1.165, 1.54) is 0 Å². The van der Waals surface area contributed by atoms with E-state index < -0.39 is 6.04 Å². The van der Waals surface area contributed by atoms with Gasteiger partial charge in [-0.25, -0.2) is 4.98 Å². The number of fused-ring (bicyclic) bond motifs is 1. The van der Waals surface area contributed by atoms with E-state index in [1.54, 1.807) is 22.8 Å². The lowest BCUT2D eigenvalue weighted by molar-refractivity contribution is 0.570. The Morgan fingerprint density at radius 2 is 1.96 bits per heavy atom. The number of benzene rings is 1. The third kappa shape index (κ3) is 3.82. The average molecular weight is 423 g/mol. The first kappa shape index (κ1) is 20.1. The van der Waals surface area contributed by atoms with Gasteiger partial charge in [0.1, 0.15) is 16.7 Å². The number of nitrogen functional groups attached to an aromatic ring is 2. The molecule has 0 saturated carbocycles. The van der Waals surface area contributed by atoms with Crippen molar-refractivity contribution in [2.75, 3.05) is 23.3 Å². The zero-order chi connectivity index (χ0) is 20.4. The van der Waals surface area contributed by atoms with Crippen LogP contribution in [0.15, 0.2) is 23.0 Å². The molecule has 0 aliphatic heterocycles. The van der Waals surface area contributed by atoms with Gasteiger partial charge in [0.15, 0.2) is 5.82 Å². The molecule has 7 N–H and O–H groups in total. The van der Waals surface area contributed by atoms with Crippen LogP contribution in [0.4, 0.5) is 17.6 Å². The fraction of sp³-hybridized carbons (Fsp3) is 0.294. The molecular formula is C17H20Cl2N8O. The molecular weight excluding hydrogens is 403 g/mol. The zero-order valence-electron chi connectivity index (χ0n) is 15.1. The zero-order valence-corrected chi connectivity index (χ0v) is 16.6. The molecule has 2 heterocycles. The fourth-order valence-electron chi connectivity index (χ4n) is 2.88. The van der Waals surface area contributed by atoms with Gasteiger partial charge in [0.2, 0.25) is 5.95 Å². The maximum absolute atomic E-state index is 13.1. The van der Waals surface area contributed by atoms with E-state index in [2.05, 4.69) is 20.3 Å². The fourth-order valence-corrected chi connectivity index (χ4v) is 3.27. The van der Waals surface area contributed by atoms with Crippen molar-refractivity contribution in [3.63, 3.8) is 0 Å². The van der Waals surface area contributed by atoms with E-state index in [4.69, 9.17) is 40.4 Å². The van der Waals surface area contributed by atoms with Crippen molar-refractivity contribution >= 4 is 51.7 Å². The standard InChI is InChI=1S/C17H20Cl2N8O/c1-8(23-14-12(19)13(21)25-17(22)26-14)15-24-10-5-2-4-9(18)11(10)16(28)27(15)7-3-6-20/h2,4-5,8H,3,6-7,20H2,1H3,(H5,21,22,23,25,26)/t8-/m0/s1. The second-order valence-corrected chi connectivity index (χ2v) is 6.98. The maximum atomic E-state index is 13.1. The van der Waals surface area contributed by atoms with Gasteiger partial charge < -0.3 is 22.5 Å². The molecule has 9 nitrogen and oxygen atoms in total. The van der Waals surface area contributed by atoms with Gasteiger partial charge in [-0.05, 0) is 32.0 Å². The highest BCUT2D eigenvalue weighted by Gasteiger charge is 2.20. The van der Waals surface area contributed by atoms with Crippen molar-refractivity contribution in [2.24, 2.45) is 5.73 Å². The van der Waals surface area contributed by atoms with Crippen molar-refractivity contribution in [1.29, 1.82) is 0 Å². The van der Waals surface area contributed by atoms with E-state index >= 15 is 0 Å². The van der Waals surface area contributed by atoms with E-state index in [1.807, 2.05) is 6.92 Å². The second kappa shape index (κ2) is 8.17. The quantitative estimate of drug-likeness (QED) is 0.471. The first-order valence-corrected chi connectivity index (χ1v) is 9.33. The molecule has 2 aromatic heterocycles. The van der Waals surface area contributed by atoms with Crippen molar-refractivity contribution in [3.8, 4) is 0 Å². The lowest BCUT2D eigenvalue weighted by Crippen LogP contribution is -2.29. The molecule has 0 amide bonds. The number of aromatic nitrogens is 4.